The first-order chi connectivity index (χ1) is 12.0. The van der Waals surface area contributed by atoms with E-state index < -0.39 is 11.5 Å². The van der Waals surface area contributed by atoms with Crippen LogP contribution in [0.1, 0.15) is 61.5 Å². The average molecular weight is 340 g/mol. The average Bonchev–Trinajstić information content (AvgIpc) is 3.45. The molecule has 0 spiro atoms. The Hall–Kier alpha value is -2.43. The standard InChI is InChI=1S/C20H24N2O3/c1-4-11-20(2,19(24)25-3)22-18(23)15-12-17(13-9-10-13)21-16-8-6-5-7-14(15)16/h5-8,12-13H,4,9-11H2,1-3H3,(H,22,23). The van der Waals surface area contributed by atoms with Gasteiger partial charge in [0.05, 0.1) is 18.2 Å². The molecule has 1 aliphatic carbocycles. The summed E-state index contributed by atoms with van der Waals surface area (Å²) in [6, 6.07) is 9.50. The molecule has 5 nitrogen and oxygen atoms in total. The highest BCUT2D eigenvalue weighted by Crippen LogP contribution is 2.40. The van der Waals surface area contributed by atoms with E-state index in [0.717, 1.165) is 35.9 Å². The van der Waals surface area contributed by atoms with Gasteiger partial charge in [0, 0.05) is 17.0 Å². The number of ether oxygens (including phenoxy) is 1. The molecule has 1 N–H and O–H groups in total. The fourth-order valence-corrected chi connectivity index (χ4v) is 3.23. The van der Waals surface area contributed by atoms with Crippen molar-refractivity contribution in [2.75, 3.05) is 7.11 Å². The van der Waals surface area contributed by atoms with Gasteiger partial charge in [0.15, 0.2) is 0 Å². The van der Waals surface area contributed by atoms with Crippen LogP contribution in [0.4, 0.5) is 0 Å². The summed E-state index contributed by atoms with van der Waals surface area (Å²) in [5.41, 5.74) is 1.30. The summed E-state index contributed by atoms with van der Waals surface area (Å²) in [4.78, 5) is 29.9. The molecular weight excluding hydrogens is 316 g/mol. The van der Waals surface area contributed by atoms with Gasteiger partial charge in [-0.1, -0.05) is 31.5 Å². The van der Waals surface area contributed by atoms with Gasteiger partial charge in [0.25, 0.3) is 5.91 Å². The maximum Gasteiger partial charge on any atom is 0.331 e. The smallest absolute Gasteiger partial charge is 0.331 e. The Bertz CT molecular complexity index is 814. The molecule has 1 atom stereocenters. The van der Waals surface area contributed by atoms with Crippen molar-refractivity contribution in [2.24, 2.45) is 0 Å². The van der Waals surface area contributed by atoms with Gasteiger partial charge in [-0.3, -0.25) is 9.78 Å². The molecule has 0 radical (unpaired) electrons. The predicted octanol–water partition coefficient (Wildman–Crippen LogP) is 3.57. The summed E-state index contributed by atoms with van der Waals surface area (Å²) in [5.74, 6) is -0.246. The minimum absolute atomic E-state index is 0.262. The van der Waals surface area contributed by atoms with Gasteiger partial charge in [-0.2, -0.15) is 0 Å². The highest BCUT2D eigenvalue weighted by Gasteiger charge is 2.36. The molecule has 1 aromatic heterocycles. The Morgan fingerprint density at radius 2 is 2.04 bits per heavy atom. The zero-order valence-electron chi connectivity index (χ0n) is 15.0. The molecule has 132 valence electrons. The number of nitrogens with zero attached hydrogens (tertiary/aromatic N) is 1. The first-order valence-electron chi connectivity index (χ1n) is 8.79. The number of rotatable bonds is 6. The lowest BCUT2D eigenvalue weighted by molar-refractivity contribution is -0.147. The Kier molecular flexibility index (Phi) is 4.75. The number of benzene rings is 1. The predicted molar refractivity (Wildman–Crippen MR) is 96.5 cm³/mol. The third kappa shape index (κ3) is 3.50. The Morgan fingerprint density at radius 1 is 1.32 bits per heavy atom. The number of hydrogen-bond acceptors (Lipinski definition) is 4. The van der Waals surface area contributed by atoms with Crippen molar-refractivity contribution in [3.05, 3.63) is 41.6 Å². The van der Waals surface area contributed by atoms with E-state index >= 15 is 0 Å². The minimum Gasteiger partial charge on any atom is -0.467 e. The molecule has 1 fully saturated rings. The molecule has 0 saturated heterocycles. The first-order valence-corrected chi connectivity index (χ1v) is 8.79. The van der Waals surface area contributed by atoms with Crippen LogP contribution in [0, 0.1) is 0 Å². The summed E-state index contributed by atoms with van der Waals surface area (Å²) in [5, 5.41) is 3.70. The molecule has 1 saturated carbocycles. The van der Waals surface area contributed by atoms with Gasteiger partial charge in [0.2, 0.25) is 0 Å². The lowest BCUT2D eigenvalue weighted by Gasteiger charge is -2.27. The van der Waals surface area contributed by atoms with Gasteiger partial charge >= 0.3 is 5.97 Å². The monoisotopic (exact) mass is 340 g/mol. The van der Waals surface area contributed by atoms with E-state index in [4.69, 9.17) is 9.72 Å². The summed E-state index contributed by atoms with van der Waals surface area (Å²) < 4.78 is 4.90. The van der Waals surface area contributed by atoms with Gasteiger partial charge < -0.3 is 10.1 Å². The van der Waals surface area contributed by atoms with Gasteiger partial charge in [0.1, 0.15) is 5.54 Å². The molecule has 25 heavy (non-hydrogen) atoms. The maximum atomic E-state index is 13.0. The molecule has 5 heteroatoms. The SMILES string of the molecule is CCCC(C)(NC(=O)c1cc(C2CC2)nc2ccccc12)C(=O)OC. The Morgan fingerprint density at radius 3 is 2.68 bits per heavy atom. The normalized spacial score (nSPS) is 16.3. The van der Waals surface area contributed by atoms with Gasteiger partial charge in [-0.25, -0.2) is 4.79 Å². The Labute approximate surface area is 147 Å². The molecule has 1 unspecified atom stereocenters. The van der Waals surface area contributed by atoms with Crippen LogP contribution in [0.15, 0.2) is 30.3 Å². The summed E-state index contributed by atoms with van der Waals surface area (Å²) in [6.07, 6.45) is 3.50. The van der Waals surface area contributed by atoms with Crippen molar-refractivity contribution in [3.63, 3.8) is 0 Å². The largest absolute Gasteiger partial charge is 0.467 e. The van der Waals surface area contributed by atoms with Crippen LogP contribution in [0.3, 0.4) is 0 Å². The third-order valence-corrected chi connectivity index (χ3v) is 4.75. The summed E-state index contributed by atoms with van der Waals surface area (Å²) >= 11 is 0. The van der Waals surface area contributed by atoms with Gasteiger partial charge in [-0.15, -0.1) is 0 Å². The molecule has 0 bridgehead atoms. The van der Waals surface area contributed by atoms with Crippen LogP contribution in [0.25, 0.3) is 10.9 Å². The maximum absolute atomic E-state index is 13.0. The number of amides is 1. The number of hydrogen-bond donors (Lipinski definition) is 1. The van der Waals surface area contributed by atoms with Crippen molar-refractivity contribution in [2.45, 2.75) is 51.0 Å². The number of para-hydroxylation sites is 1. The van der Waals surface area contributed by atoms with E-state index in [-0.39, 0.29) is 5.91 Å². The molecule has 1 amide bonds. The van der Waals surface area contributed by atoms with Crippen molar-refractivity contribution in [3.8, 4) is 0 Å². The van der Waals surface area contributed by atoms with Crippen LogP contribution in [0.5, 0.6) is 0 Å². The van der Waals surface area contributed by atoms with Crippen LogP contribution in [-0.4, -0.2) is 29.5 Å². The topological polar surface area (TPSA) is 68.3 Å². The quantitative estimate of drug-likeness (QED) is 0.816. The zero-order valence-corrected chi connectivity index (χ0v) is 15.0. The molecule has 1 aromatic carbocycles. The number of carbonyl (C=O) groups is 2. The Balaban J connectivity index is 1.99. The van der Waals surface area contributed by atoms with E-state index in [2.05, 4.69) is 5.32 Å². The zero-order chi connectivity index (χ0) is 18.0. The lowest BCUT2D eigenvalue weighted by atomic mass is 9.95. The van der Waals surface area contributed by atoms with E-state index in [1.165, 1.54) is 7.11 Å². The fourth-order valence-electron chi connectivity index (χ4n) is 3.23. The minimum atomic E-state index is -1.04. The number of aromatic nitrogens is 1. The second kappa shape index (κ2) is 6.82. The summed E-state index contributed by atoms with van der Waals surface area (Å²) in [7, 11) is 1.34. The van der Waals surface area contributed by atoms with Crippen LogP contribution >= 0.6 is 0 Å². The van der Waals surface area contributed by atoms with E-state index in [1.54, 1.807) is 6.92 Å². The lowest BCUT2D eigenvalue weighted by Crippen LogP contribution is -2.52. The molecule has 1 heterocycles. The second-order valence-electron chi connectivity index (χ2n) is 6.91. The number of nitrogens with one attached hydrogen (secondary N) is 1. The second-order valence-corrected chi connectivity index (χ2v) is 6.91. The van der Waals surface area contributed by atoms with Gasteiger partial charge in [-0.05, 0) is 38.3 Å². The van der Waals surface area contributed by atoms with Crippen LogP contribution < -0.4 is 5.32 Å². The number of fused-ring (bicyclic) bond motifs is 1. The third-order valence-electron chi connectivity index (χ3n) is 4.75. The van der Waals surface area contributed by atoms with Crippen LogP contribution in [-0.2, 0) is 9.53 Å². The molecule has 0 aliphatic heterocycles. The van der Waals surface area contributed by atoms with Crippen molar-refractivity contribution < 1.29 is 14.3 Å². The molecular formula is C20H24N2O3. The fraction of sp³-hybridized carbons (Fsp3) is 0.450. The molecule has 3 rings (SSSR count). The van der Waals surface area contributed by atoms with E-state index in [0.29, 0.717) is 17.9 Å². The first kappa shape index (κ1) is 17.4. The van der Waals surface area contributed by atoms with Crippen molar-refractivity contribution >= 4 is 22.8 Å². The number of esters is 1. The van der Waals surface area contributed by atoms with Crippen molar-refractivity contribution in [1.82, 2.24) is 10.3 Å². The highest BCUT2D eigenvalue weighted by molar-refractivity contribution is 6.07. The number of carbonyl (C=O) groups excluding carboxylic acids is 2. The van der Waals surface area contributed by atoms with E-state index in [1.807, 2.05) is 37.3 Å². The highest BCUT2D eigenvalue weighted by atomic mass is 16.5. The number of methoxy groups -OCH3 is 1. The molecule has 1 aliphatic rings. The number of pyridine rings is 1. The van der Waals surface area contributed by atoms with Crippen molar-refractivity contribution in [1.29, 1.82) is 0 Å². The van der Waals surface area contributed by atoms with Crippen LogP contribution in [0.2, 0.25) is 0 Å². The van der Waals surface area contributed by atoms with E-state index in [9.17, 15) is 9.59 Å². The summed E-state index contributed by atoms with van der Waals surface area (Å²) in [6.45, 7) is 3.69. The molecule has 2 aromatic rings.